The van der Waals surface area contributed by atoms with Crippen molar-refractivity contribution in [1.29, 1.82) is 0 Å². The Morgan fingerprint density at radius 3 is 1.19 bits per heavy atom. The number of carboxylic acids is 2. The van der Waals surface area contributed by atoms with E-state index in [2.05, 4.69) is 40.2 Å². The van der Waals surface area contributed by atoms with E-state index in [0.717, 1.165) is 0 Å². The first-order valence-electron chi connectivity index (χ1n) is 9.14. The lowest BCUT2D eigenvalue weighted by molar-refractivity contribution is -0.143. The van der Waals surface area contributed by atoms with Gasteiger partial charge in [-0.05, 0) is 51.0 Å². The Morgan fingerprint density at radius 2 is 0.938 bits per heavy atom. The second-order valence-corrected chi connectivity index (χ2v) is 8.33. The van der Waals surface area contributed by atoms with Crippen LogP contribution in [0.15, 0.2) is 48.5 Å². The molecular weight excluding hydrogens is 552 g/mol. The number of rotatable bonds is 6. The van der Waals surface area contributed by atoms with Gasteiger partial charge >= 0.3 is 23.9 Å². The van der Waals surface area contributed by atoms with Crippen molar-refractivity contribution in [2.24, 2.45) is 0 Å². The molecule has 0 saturated heterocycles. The summed E-state index contributed by atoms with van der Waals surface area (Å²) in [4.78, 5) is 45.1. The van der Waals surface area contributed by atoms with Crippen LogP contribution in [-0.2, 0) is 28.1 Å². The van der Waals surface area contributed by atoms with Gasteiger partial charge < -0.3 is 17.9 Å². The molecule has 0 unspecified atom stereocenters. The molecule has 2 rings (SSSR count). The smallest absolute Gasteiger partial charge is 0.349 e. The number of carbonyl (C=O) groups is 4. The number of aliphatic carboxylic acids is 2. The Kier molecular flexibility index (Phi) is 9.59. The summed E-state index contributed by atoms with van der Waals surface area (Å²) >= 11 is 5.18. The number of hydrogen-bond acceptors (Lipinski definition) is 6. The Bertz CT molecular complexity index is 933. The van der Waals surface area contributed by atoms with Gasteiger partial charge in [0.2, 0.25) is 0 Å². The van der Waals surface area contributed by atoms with Crippen molar-refractivity contribution >= 4 is 56.4 Å². The van der Waals surface area contributed by atoms with Crippen LogP contribution < -0.4 is 0 Å². The van der Waals surface area contributed by atoms with E-state index >= 15 is 0 Å². The maximum atomic E-state index is 11.4. The third-order valence-corrected chi connectivity index (χ3v) is 5.44. The fourth-order valence-corrected chi connectivity index (χ4v) is 3.07. The summed E-state index contributed by atoms with van der Waals surface area (Å²) in [5.74, 6) is -3.21. The maximum absolute atomic E-state index is 11.4. The molecule has 0 aliphatic carbocycles. The molecule has 0 bridgehead atoms. The standard InChI is InChI=1S/2C11H11BrO4/c2*1-11(2,10(14)15)8-6-4-3-5-7(8)9(13)16-12/h2*3-6H,1-2H3,(H,14,15). The van der Waals surface area contributed by atoms with Crippen LogP contribution in [-0.4, -0.2) is 34.1 Å². The van der Waals surface area contributed by atoms with Gasteiger partial charge in [-0.2, -0.15) is 0 Å². The van der Waals surface area contributed by atoms with Crippen LogP contribution >= 0.6 is 32.5 Å². The SMILES string of the molecule is CC(C)(C(=O)O)c1ccccc1C(=O)OBr.CC(C)(C(=O)O)c1ccccc1C(=O)OBr. The fraction of sp³-hybridized carbons (Fsp3) is 0.273. The van der Waals surface area contributed by atoms with Gasteiger partial charge in [-0.15, -0.1) is 0 Å². The van der Waals surface area contributed by atoms with Gasteiger partial charge in [0.25, 0.3) is 0 Å². The molecular formula is C22H22Br2O8. The van der Waals surface area contributed by atoms with Gasteiger partial charge in [0, 0.05) is 0 Å². The zero-order valence-corrected chi connectivity index (χ0v) is 20.9. The van der Waals surface area contributed by atoms with E-state index in [1.807, 2.05) is 0 Å². The highest BCUT2D eigenvalue weighted by Crippen LogP contribution is 2.28. The predicted molar refractivity (Wildman–Crippen MR) is 123 cm³/mol. The lowest BCUT2D eigenvalue weighted by Crippen LogP contribution is -2.30. The van der Waals surface area contributed by atoms with Crippen LogP contribution in [0, 0.1) is 0 Å². The van der Waals surface area contributed by atoms with Crippen molar-refractivity contribution < 1.29 is 37.0 Å². The molecule has 172 valence electrons. The first-order chi connectivity index (χ1) is 14.8. The highest BCUT2D eigenvalue weighted by atomic mass is 79.9. The van der Waals surface area contributed by atoms with Gasteiger partial charge in [-0.1, -0.05) is 36.4 Å². The summed E-state index contributed by atoms with van der Waals surface area (Å²) < 4.78 is 8.86. The van der Waals surface area contributed by atoms with Crippen molar-refractivity contribution in [2.75, 3.05) is 0 Å². The number of hydrogen-bond donors (Lipinski definition) is 2. The van der Waals surface area contributed by atoms with Crippen molar-refractivity contribution in [3.63, 3.8) is 0 Å². The average molecular weight is 574 g/mol. The van der Waals surface area contributed by atoms with Crippen LogP contribution in [0.3, 0.4) is 0 Å². The van der Waals surface area contributed by atoms with Crippen molar-refractivity contribution in [1.82, 2.24) is 0 Å². The van der Waals surface area contributed by atoms with Gasteiger partial charge in [0.15, 0.2) is 32.5 Å². The molecule has 0 amide bonds. The monoisotopic (exact) mass is 572 g/mol. The zero-order valence-electron chi connectivity index (χ0n) is 17.7. The van der Waals surface area contributed by atoms with Crippen LogP contribution in [0.4, 0.5) is 0 Å². The second-order valence-electron chi connectivity index (χ2n) is 7.68. The molecule has 0 aromatic heterocycles. The fourth-order valence-electron chi connectivity index (χ4n) is 2.73. The minimum atomic E-state index is -1.14. The highest BCUT2D eigenvalue weighted by Gasteiger charge is 2.34. The molecule has 2 aromatic carbocycles. The third kappa shape index (κ3) is 6.17. The molecule has 32 heavy (non-hydrogen) atoms. The predicted octanol–water partition coefficient (Wildman–Crippen LogP) is 5.03. The number of carbonyl (C=O) groups excluding carboxylic acids is 2. The van der Waals surface area contributed by atoms with E-state index in [1.165, 1.54) is 39.8 Å². The summed E-state index contributed by atoms with van der Waals surface area (Å²) in [6.07, 6.45) is 0. The van der Waals surface area contributed by atoms with E-state index in [0.29, 0.717) is 11.1 Å². The van der Waals surface area contributed by atoms with E-state index in [1.54, 1.807) is 36.4 Å². The molecule has 0 atom stereocenters. The maximum Gasteiger partial charge on any atom is 0.349 e. The molecule has 8 nitrogen and oxygen atoms in total. The first-order valence-corrected chi connectivity index (χ1v) is 10.4. The zero-order chi connectivity index (χ0) is 24.7. The second kappa shape index (κ2) is 11.2. The molecule has 0 spiro atoms. The van der Waals surface area contributed by atoms with Crippen LogP contribution in [0.25, 0.3) is 0 Å². The van der Waals surface area contributed by atoms with Crippen molar-refractivity contribution in [3.05, 3.63) is 70.8 Å². The normalized spacial score (nSPS) is 10.9. The summed E-state index contributed by atoms with van der Waals surface area (Å²) in [5, 5.41) is 18.2. The van der Waals surface area contributed by atoms with Crippen LogP contribution in [0.2, 0.25) is 0 Å². The Hall–Kier alpha value is -2.72. The summed E-state index contributed by atoms with van der Waals surface area (Å²) in [6, 6.07) is 12.9. The minimum Gasteiger partial charge on any atom is -0.481 e. The lowest BCUT2D eigenvalue weighted by atomic mass is 9.82. The molecule has 0 radical (unpaired) electrons. The van der Waals surface area contributed by atoms with E-state index < -0.39 is 34.7 Å². The van der Waals surface area contributed by atoms with E-state index in [9.17, 15) is 19.2 Å². The van der Waals surface area contributed by atoms with Crippen LogP contribution in [0.1, 0.15) is 59.5 Å². The molecule has 2 N–H and O–H groups in total. The molecule has 2 aromatic rings. The Morgan fingerprint density at radius 1 is 0.656 bits per heavy atom. The molecule has 10 heteroatoms. The molecule has 0 fully saturated rings. The Labute approximate surface area is 202 Å². The minimum absolute atomic E-state index is 0.242. The van der Waals surface area contributed by atoms with E-state index in [-0.39, 0.29) is 11.1 Å². The Balaban J connectivity index is 0.000000320. The summed E-state index contributed by atoms with van der Waals surface area (Å²) in [6.45, 7) is 6.15. The van der Waals surface area contributed by atoms with E-state index in [4.69, 9.17) is 10.2 Å². The number of benzene rings is 2. The molecule has 0 heterocycles. The molecule has 0 saturated carbocycles. The lowest BCUT2D eigenvalue weighted by Gasteiger charge is -2.21. The quantitative estimate of drug-likeness (QED) is 0.492. The average Bonchev–Trinajstić information content (AvgIpc) is 2.78. The van der Waals surface area contributed by atoms with Gasteiger partial charge in [0.1, 0.15) is 0 Å². The topological polar surface area (TPSA) is 127 Å². The number of halogens is 2. The summed E-state index contributed by atoms with van der Waals surface area (Å²) in [7, 11) is 0. The first kappa shape index (κ1) is 27.3. The van der Waals surface area contributed by atoms with Crippen LogP contribution in [0.5, 0.6) is 0 Å². The molecule has 0 aliphatic rings. The number of carboxylic acid groups (broad SMARTS) is 2. The van der Waals surface area contributed by atoms with Crippen molar-refractivity contribution in [2.45, 2.75) is 38.5 Å². The van der Waals surface area contributed by atoms with Gasteiger partial charge in [0.05, 0.1) is 22.0 Å². The van der Waals surface area contributed by atoms with Gasteiger partial charge in [-0.25, -0.2) is 9.59 Å². The largest absolute Gasteiger partial charge is 0.481 e. The summed E-state index contributed by atoms with van der Waals surface area (Å²) in [5.41, 5.74) is -0.951. The third-order valence-electron chi connectivity index (χ3n) is 4.85. The highest BCUT2D eigenvalue weighted by molar-refractivity contribution is 9.06. The van der Waals surface area contributed by atoms with Crippen molar-refractivity contribution in [3.8, 4) is 0 Å². The molecule has 0 aliphatic heterocycles. The van der Waals surface area contributed by atoms with Gasteiger partial charge in [-0.3, -0.25) is 9.59 Å².